The molecule has 1 aliphatic rings. The first kappa shape index (κ1) is 20.9. The molecule has 0 fully saturated rings. The van der Waals surface area contributed by atoms with Gasteiger partial charge in [-0.3, -0.25) is 9.47 Å². The molecule has 0 atom stereocenters. The summed E-state index contributed by atoms with van der Waals surface area (Å²) in [5.74, 6) is 2.30. The Bertz CT molecular complexity index is 1040. The highest BCUT2D eigenvalue weighted by Gasteiger charge is 2.25. The van der Waals surface area contributed by atoms with E-state index in [9.17, 15) is 4.79 Å². The maximum atomic E-state index is 13.4. The molecule has 0 aliphatic carbocycles. The number of nitrogens with zero attached hydrogens (tertiary/aromatic N) is 4. The molecule has 7 nitrogen and oxygen atoms in total. The van der Waals surface area contributed by atoms with Crippen LogP contribution in [-0.2, 0) is 19.5 Å². The highest BCUT2D eigenvalue weighted by atomic mass is 16.5. The van der Waals surface area contributed by atoms with Gasteiger partial charge in [-0.15, -0.1) is 10.2 Å². The Labute approximate surface area is 183 Å². The van der Waals surface area contributed by atoms with E-state index in [1.165, 1.54) is 11.1 Å². The first-order chi connectivity index (χ1) is 15.0. The van der Waals surface area contributed by atoms with E-state index in [0.29, 0.717) is 18.2 Å². The first-order valence-electron chi connectivity index (χ1n) is 10.8. The first-order valence-corrected chi connectivity index (χ1v) is 10.8. The minimum absolute atomic E-state index is 0.233. The number of hydrogen-bond donors (Lipinski definition) is 1. The Morgan fingerprint density at radius 3 is 2.52 bits per heavy atom. The molecule has 0 spiro atoms. The van der Waals surface area contributed by atoms with Gasteiger partial charge in [-0.25, -0.2) is 4.79 Å². The second-order valence-electron chi connectivity index (χ2n) is 8.12. The molecule has 0 bridgehead atoms. The van der Waals surface area contributed by atoms with Crippen LogP contribution in [0, 0.1) is 13.8 Å². The molecular weight excluding hydrogens is 390 g/mol. The number of amides is 2. The Morgan fingerprint density at radius 2 is 1.81 bits per heavy atom. The molecule has 0 unspecified atom stereocenters. The summed E-state index contributed by atoms with van der Waals surface area (Å²) in [5, 5.41) is 11.8. The minimum atomic E-state index is -0.233. The second kappa shape index (κ2) is 9.20. The Kier molecular flexibility index (Phi) is 6.21. The lowest BCUT2D eigenvalue weighted by Crippen LogP contribution is -2.36. The standard InChI is InChI=1S/C24H29N5O2/c1-17-13-18(2)15-19(14-17)16-29(23-27-26-22-7-5-4-6-12-28(22)23)24(30)25-20-8-10-21(31-3)11-9-20/h8-11,13-15H,4-7,12,16H2,1-3H3,(H,25,30). The molecule has 7 heteroatoms. The molecule has 3 aromatic rings. The third-order valence-corrected chi connectivity index (χ3v) is 5.54. The number of aromatic nitrogens is 3. The van der Waals surface area contributed by atoms with Crippen molar-refractivity contribution in [3.8, 4) is 5.75 Å². The average molecular weight is 420 g/mol. The lowest BCUT2D eigenvalue weighted by atomic mass is 10.1. The molecule has 1 N–H and O–H groups in total. The fourth-order valence-corrected chi connectivity index (χ4v) is 4.11. The van der Waals surface area contributed by atoms with E-state index in [2.05, 4.69) is 52.1 Å². The van der Waals surface area contributed by atoms with Gasteiger partial charge in [0.15, 0.2) is 0 Å². The van der Waals surface area contributed by atoms with Crippen LogP contribution < -0.4 is 15.0 Å². The van der Waals surface area contributed by atoms with Crippen molar-refractivity contribution in [1.29, 1.82) is 0 Å². The van der Waals surface area contributed by atoms with Gasteiger partial charge in [0.25, 0.3) is 0 Å². The Balaban J connectivity index is 1.66. The van der Waals surface area contributed by atoms with Gasteiger partial charge in [0.1, 0.15) is 11.6 Å². The molecule has 0 saturated carbocycles. The monoisotopic (exact) mass is 419 g/mol. The van der Waals surface area contributed by atoms with E-state index >= 15 is 0 Å². The topological polar surface area (TPSA) is 72.3 Å². The van der Waals surface area contributed by atoms with E-state index in [1.54, 1.807) is 12.0 Å². The van der Waals surface area contributed by atoms with Gasteiger partial charge in [-0.2, -0.15) is 0 Å². The maximum Gasteiger partial charge on any atom is 0.329 e. The van der Waals surface area contributed by atoms with Crippen molar-refractivity contribution < 1.29 is 9.53 Å². The molecule has 0 saturated heterocycles. The zero-order valence-electron chi connectivity index (χ0n) is 18.4. The Morgan fingerprint density at radius 1 is 1.06 bits per heavy atom. The van der Waals surface area contributed by atoms with Crippen molar-refractivity contribution >= 4 is 17.7 Å². The molecule has 1 aromatic heterocycles. The fourth-order valence-electron chi connectivity index (χ4n) is 4.11. The average Bonchev–Trinajstić information content (AvgIpc) is 2.99. The van der Waals surface area contributed by atoms with Crippen LogP contribution in [0.25, 0.3) is 0 Å². The van der Waals surface area contributed by atoms with Crippen LogP contribution in [0.4, 0.5) is 16.4 Å². The summed E-state index contributed by atoms with van der Waals surface area (Å²) in [4.78, 5) is 15.1. The van der Waals surface area contributed by atoms with Crippen LogP contribution in [0.2, 0.25) is 0 Å². The summed E-state index contributed by atoms with van der Waals surface area (Å²) in [6.45, 7) is 5.39. The van der Waals surface area contributed by atoms with E-state index in [-0.39, 0.29) is 6.03 Å². The summed E-state index contributed by atoms with van der Waals surface area (Å²) >= 11 is 0. The maximum absolute atomic E-state index is 13.4. The molecule has 4 rings (SSSR count). The summed E-state index contributed by atoms with van der Waals surface area (Å²) in [6, 6.07) is 13.4. The quantitative estimate of drug-likeness (QED) is 0.640. The predicted molar refractivity (Wildman–Crippen MR) is 122 cm³/mol. The summed E-state index contributed by atoms with van der Waals surface area (Å²) < 4.78 is 7.31. The van der Waals surface area contributed by atoms with Gasteiger partial charge < -0.3 is 10.1 Å². The van der Waals surface area contributed by atoms with E-state index < -0.39 is 0 Å². The zero-order chi connectivity index (χ0) is 21.8. The molecule has 2 amide bonds. The van der Waals surface area contributed by atoms with Crippen molar-refractivity contribution in [1.82, 2.24) is 14.8 Å². The number of anilines is 2. The van der Waals surface area contributed by atoms with Crippen LogP contribution in [0.15, 0.2) is 42.5 Å². The largest absolute Gasteiger partial charge is 0.497 e. The smallest absolute Gasteiger partial charge is 0.329 e. The number of urea groups is 1. The number of carbonyl (C=O) groups excluding carboxylic acids is 1. The lowest BCUT2D eigenvalue weighted by molar-refractivity contribution is 0.256. The zero-order valence-corrected chi connectivity index (χ0v) is 18.4. The number of fused-ring (bicyclic) bond motifs is 1. The summed E-state index contributed by atoms with van der Waals surface area (Å²) in [7, 11) is 1.62. The number of carbonyl (C=O) groups is 1. The number of ether oxygens (including phenoxy) is 1. The third-order valence-electron chi connectivity index (χ3n) is 5.54. The number of methoxy groups -OCH3 is 1. The highest BCUT2D eigenvalue weighted by Crippen LogP contribution is 2.24. The summed E-state index contributed by atoms with van der Waals surface area (Å²) in [6.07, 6.45) is 4.23. The third kappa shape index (κ3) is 4.87. The predicted octanol–water partition coefficient (Wildman–Crippen LogP) is 4.87. The molecule has 31 heavy (non-hydrogen) atoms. The molecule has 2 aromatic carbocycles. The lowest BCUT2D eigenvalue weighted by Gasteiger charge is -2.23. The summed E-state index contributed by atoms with van der Waals surface area (Å²) in [5.41, 5.74) is 4.11. The number of rotatable bonds is 5. The Hall–Kier alpha value is -3.35. The van der Waals surface area contributed by atoms with Crippen LogP contribution >= 0.6 is 0 Å². The SMILES string of the molecule is COc1ccc(NC(=O)N(Cc2cc(C)cc(C)c2)c2nnc3n2CCCCC3)cc1. The van der Waals surface area contributed by atoms with Gasteiger partial charge in [0.2, 0.25) is 5.95 Å². The molecule has 162 valence electrons. The van der Waals surface area contributed by atoms with Crippen LogP contribution in [0.5, 0.6) is 5.75 Å². The van der Waals surface area contributed by atoms with E-state index in [4.69, 9.17) is 4.74 Å². The molecule has 1 aliphatic heterocycles. The van der Waals surface area contributed by atoms with Crippen molar-refractivity contribution in [2.45, 2.75) is 52.6 Å². The minimum Gasteiger partial charge on any atom is -0.497 e. The normalized spacial score (nSPS) is 13.3. The second-order valence-corrected chi connectivity index (χ2v) is 8.12. The van der Waals surface area contributed by atoms with Crippen molar-refractivity contribution in [2.75, 3.05) is 17.3 Å². The van der Waals surface area contributed by atoms with Gasteiger partial charge in [-0.1, -0.05) is 35.7 Å². The van der Waals surface area contributed by atoms with Gasteiger partial charge in [-0.05, 0) is 56.5 Å². The number of aryl methyl sites for hydroxylation is 3. The number of nitrogens with one attached hydrogen (secondary N) is 1. The van der Waals surface area contributed by atoms with E-state index in [0.717, 1.165) is 49.4 Å². The van der Waals surface area contributed by atoms with Crippen molar-refractivity contribution in [3.63, 3.8) is 0 Å². The van der Waals surface area contributed by atoms with Gasteiger partial charge in [0.05, 0.1) is 13.7 Å². The van der Waals surface area contributed by atoms with E-state index in [1.807, 2.05) is 24.3 Å². The highest BCUT2D eigenvalue weighted by molar-refractivity contribution is 6.00. The molecule has 0 radical (unpaired) electrons. The van der Waals surface area contributed by atoms with Crippen molar-refractivity contribution in [3.05, 3.63) is 65.0 Å². The van der Waals surface area contributed by atoms with Crippen molar-refractivity contribution in [2.24, 2.45) is 0 Å². The van der Waals surface area contributed by atoms with Gasteiger partial charge >= 0.3 is 6.03 Å². The van der Waals surface area contributed by atoms with Crippen LogP contribution in [-0.4, -0.2) is 27.9 Å². The molecule has 2 heterocycles. The number of benzene rings is 2. The fraction of sp³-hybridized carbons (Fsp3) is 0.375. The van der Waals surface area contributed by atoms with Crippen LogP contribution in [0.3, 0.4) is 0 Å². The number of hydrogen-bond acceptors (Lipinski definition) is 4. The van der Waals surface area contributed by atoms with Crippen LogP contribution in [0.1, 0.15) is 41.8 Å². The van der Waals surface area contributed by atoms with Gasteiger partial charge in [0, 0.05) is 18.7 Å². The molecular formula is C24H29N5O2.